The van der Waals surface area contributed by atoms with Gasteiger partial charge in [0.05, 0.1) is 11.4 Å². The van der Waals surface area contributed by atoms with E-state index in [1.165, 1.54) is 11.3 Å². The molecule has 0 aliphatic carbocycles. The molecule has 1 saturated heterocycles. The Kier molecular flexibility index (Phi) is 3.34. The molecule has 0 saturated carbocycles. The second kappa shape index (κ2) is 4.74. The van der Waals surface area contributed by atoms with Crippen molar-refractivity contribution in [3.63, 3.8) is 0 Å². The van der Waals surface area contributed by atoms with E-state index < -0.39 is 0 Å². The fourth-order valence-electron chi connectivity index (χ4n) is 2.45. The van der Waals surface area contributed by atoms with Crippen molar-refractivity contribution in [1.29, 1.82) is 0 Å². The lowest BCUT2D eigenvalue weighted by molar-refractivity contribution is 0.203. The molecule has 2 rings (SSSR count). The van der Waals surface area contributed by atoms with Gasteiger partial charge in [-0.2, -0.15) is 0 Å². The van der Waals surface area contributed by atoms with Crippen molar-refractivity contribution in [3.05, 3.63) is 23.8 Å². The first kappa shape index (κ1) is 11.3. The molecule has 3 N–H and O–H groups in total. The number of hydrogen-bond donors (Lipinski definition) is 2. The quantitative estimate of drug-likeness (QED) is 0.747. The minimum Gasteiger partial charge on any atom is -0.397 e. The van der Waals surface area contributed by atoms with Gasteiger partial charge in [0.15, 0.2) is 0 Å². The number of aryl methyl sites for hydroxylation is 1. The van der Waals surface area contributed by atoms with Gasteiger partial charge in [-0.1, -0.05) is 12.1 Å². The minimum atomic E-state index is 0.317. The Balaban J connectivity index is 2.14. The van der Waals surface area contributed by atoms with Crippen molar-refractivity contribution in [1.82, 2.24) is 0 Å². The van der Waals surface area contributed by atoms with Crippen LogP contribution in [-0.4, -0.2) is 24.8 Å². The van der Waals surface area contributed by atoms with E-state index in [2.05, 4.69) is 17.9 Å². The van der Waals surface area contributed by atoms with Crippen LogP contribution >= 0.6 is 0 Å². The summed E-state index contributed by atoms with van der Waals surface area (Å²) in [7, 11) is 0. The summed E-state index contributed by atoms with van der Waals surface area (Å²) in [6.07, 6.45) is 2.12. The maximum absolute atomic E-state index is 9.11. The topological polar surface area (TPSA) is 49.5 Å². The average molecular weight is 220 g/mol. The zero-order valence-electron chi connectivity index (χ0n) is 9.82. The molecule has 3 nitrogen and oxygen atoms in total. The Morgan fingerprint density at radius 1 is 1.38 bits per heavy atom. The lowest BCUT2D eigenvalue weighted by Gasteiger charge is -2.34. The molecule has 1 aliphatic heterocycles. The number of benzene rings is 1. The summed E-state index contributed by atoms with van der Waals surface area (Å²) in [6.45, 7) is 4.42. The summed E-state index contributed by atoms with van der Waals surface area (Å²) in [5.74, 6) is 0.474. The van der Waals surface area contributed by atoms with Gasteiger partial charge >= 0.3 is 0 Å². The molecule has 1 aromatic carbocycles. The molecule has 0 amide bonds. The van der Waals surface area contributed by atoms with Gasteiger partial charge < -0.3 is 15.7 Å². The summed E-state index contributed by atoms with van der Waals surface area (Å²) in [6, 6.07) is 6.05. The molecule has 16 heavy (non-hydrogen) atoms. The Morgan fingerprint density at radius 3 is 2.62 bits per heavy atom. The molecule has 3 heteroatoms. The number of aliphatic hydroxyl groups excluding tert-OH is 1. The van der Waals surface area contributed by atoms with Crippen LogP contribution in [-0.2, 0) is 0 Å². The van der Waals surface area contributed by atoms with Crippen LogP contribution in [0.15, 0.2) is 18.2 Å². The fraction of sp³-hybridized carbons (Fsp3) is 0.538. The van der Waals surface area contributed by atoms with Crippen LogP contribution in [0.2, 0.25) is 0 Å². The predicted molar refractivity (Wildman–Crippen MR) is 67.6 cm³/mol. The molecule has 1 fully saturated rings. The van der Waals surface area contributed by atoms with Crippen molar-refractivity contribution < 1.29 is 5.11 Å². The van der Waals surface area contributed by atoms with E-state index in [9.17, 15) is 0 Å². The van der Waals surface area contributed by atoms with Crippen LogP contribution in [0.1, 0.15) is 18.4 Å². The number of para-hydroxylation sites is 1. The summed E-state index contributed by atoms with van der Waals surface area (Å²) in [4.78, 5) is 2.34. The predicted octanol–water partition coefficient (Wildman–Crippen LogP) is 1.79. The number of aliphatic hydroxyl groups is 1. The normalized spacial score (nSPS) is 17.8. The number of anilines is 2. The molecular formula is C13H20N2O. The van der Waals surface area contributed by atoms with Gasteiger partial charge in [0.1, 0.15) is 0 Å². The number of nitrogens with zero attached hydrogens (tertiary/aromatic N) is 1. The smallest absolute Gasteiger partial charge is 0.0629 e. The number of piperidine rings is 1. The van der Waals surface area contributed by atoms with Crippen LogP contribution in [0.4, 0.5) is 11.4 Å². The van der Waals surface area contributed by atoms with E-state index in [1.807, 2.05) is 12.1 Å². The molecule has 0 radical (unpaired) electrons. The Bertz CT molecular complexity index is 337. The van der Waals surface area contributed by atoms with Crippen LogP contribution in [0.25, 0.3) is 0 Å². The minimum absolute atomic E-state index is 0.317. The summed E-state index contributed by atoms with van der Waals surface area (Å²) in [5.41, 5.74) is 9.31. The third kappa shape index (κ3) is 2.14. The molecule has 1 heterocycles. The first-order valence-corrected chi connectivity index (χ1v) is 5.93. The van der Waals surface area contributed by atoms with Gasteiger partial charge in [-0.25, -0.2) is 0 Å². The highest BCUT2D eigenvalue weighted by Gasteiger charge is 2.20. The lowest BCUT2D eigenvalue weighted by atomic mass is 9.96. The van der Waals surface area contributed by atoms with E-state index in [4.69, 9.17) is 10.8 Å². The first-order valence-electron chi connectivity index (χ1n) is 5.93. The average Bonchev–Trinajstić information content (AvgIpc) is 2.30. The van der Waals surface area contributed by atoms with E-state index in [0.717, 1.165) is 31.6 Å². The molecular weight excluding hydrogens is 200 g/mol. The van der Waals surface area contributed by atoms with Crippen molar-refractivity contribution in [2.75, 3.05) is 30.3 Å². The molecule has 0 atom stereocenters. The van der Waals surface area contributed by atoms with Gasteiger partial charge in [0.25, 0.3) is 0 Å². The third-order valence-corrected chi connectivity index (χ3v) is 3.46. The Labute approximate surface area is 96.9 Å². The Morgan fingerprint density at radius 2 is 2.06 bits per heavy atom. The van der Waals surface area contributed by atoms with Crippen molar-refractivity contribution in [2.24, 2.45) is 5.92 Å². The van der Waals surface area contributed by atoms with Crippen molar-refractivity contribution >= 4 is 11.4 Å². The summed E-state index contributed by atoms with van der Waals surface area (Å²) >= 11 is 0. The van der Waals surface area contributed by atoms with Gasteiger partial charge in [0.2, 0.25) is 0 Å². The molecule has 0 unspecified atom stereocenters. The van der Waals surface area contributed by atoms with Gasteiger partial charge in [0, 0.05) is 19.7 Å². The van der Waals surface area contributed by atoms with Gasteiger partial charge in [-0.15, -0.1) is 0 Å². The molecule has 88 valence electrons. The molecule has 0 aromatic heterocycles. The molecule has 1 aliphatic rings. The highest BCUT2D eigenvalue weighted by atomic mass is 16.3. The number of rotatable bonds is 2. The summed E-state index contributed by atoms with van der Waals surface area (Å²) < 4.78 is 0. The van der Waals surface area contributed by atoms with Crippen LogP contribution < -0.4 is 10.6 Å². The Hall–Kier alpha value is -1.22. The zero-order valence-corrected chi connectivity index (χ0v) is 9.82. The van der Waals surface area contributed by atoms with Crippen LogP contribution in [0, 0.1) is 12.8 Å². The lowest BCUT2D eigenvalue weighted by Crippen LogP contribution is -2.35. The SMILES string of the molecule is Cc1cccc(N)c1N1CCC(CO)CC1. The van der Waals surface area contributed by atoms with E-state index in [0.29, 0.717) is 12.5 Å². The first-order chi connectivity index (χ1) is 7.72. The molecule has 0 bridgehead atoms. The highest BCUT2D eigenvalue weighted by Crippen LogP contribution is 2.30. The monoisotopic (exact) mass is 220 g/mol. The largest absolute Gasteiger partial charge is 0.397 e. The van der Waals surface area contributed by atoms with E-state index >= 15 is 0 Å². The number of hydrogen-bond acceptors (Lipinski definition) is 3. The maximum Gasteiger partial charge on any atom is 0.0629 e. The number of nitrogen functional groups attached to an aromatic ring is 1. The van der Waals surface area contributed by atoms with Crippen molar-refractivity contribution in [3.8, 4) is 0 Å². The second-order valence-electron chi connectivity index (χ2n) is 4.63. The standard InChI is InChI=1S/C13H20N2O/c1-10-3-2-4-12(14)13(10)15-7-5-11(9-16)6-8-15/h2-4,11,16H,5-9,14H2,1H3. The van der Waals surface area contributed by atoms with Gasteiger partial charge in [-0.3, -0.25) is 0 Å². The molecule has 1 aromatic rings. The highest BCUT2D eigenvalue weighted by molar-refractivity contribution is 5.71. The molecule has 0 spiro atoms. The fourth-order valence-corrected chi connectivity index (χ4v) is 2.45. The second-order valence-corrected chi connectivity index (χ2v) is 4.63. The van der Waals surface area contributed by atoms with Crippen LogP contribution in [0.5, 0.6) is 0 Å². The van der Waals surface area contributed by atoms with E-state index in [-0.39, 0.29) is 0 Å². The van der Waals surface area contributed by atoms with Crippen molar-refractivity contribution in [2.45, 2.75) is 19.8 Å². The zero-order chi connectivity index (χ0) is 11.5. The number of nitrogens with two attached hydrogens (primary N) is 1. The third-order valence-electron chi connectivity index (χ3n) is 3.46. The summed E-state index contributed by atoms with van der Waals surface area (Å²) in [5, 5.41) is 9.11. The van der Waals surface area contributed by atoms with Crippen LogP contribution in [0.3, 0.4) is 0 Å². The van der Waals surface area contributed by atoms with Gasteiger partial charge in [-0.05, 0) is 37.3 Å². The van der Waals surface area contributed by atoms with E-state index in [1.54, 1.807) is 0 Å². The maximum atomic E-state index is 9.11.